The molecule has 0 spiro atoms. The Bertz CT molecular complexity index is 1490. The third-order valence-corrected chi connectivity index (χ3v) is 9.70. The molecule has 1 aliphatic heterocycles. The summed E-state index contributed by atoms with van der Waals surface area (Å²) in [5.74, 6) is -0.0871. The fourth-order valence-electron chi connectivity index (χ4n) is 4.58. The number of benzene rings is 3. The van der Waals surface area contributed by atoms with E-state index in [0.29, 0.717) is 44.0 Å². The number of carbonyl (C=O) groups is 1. The first kappa shape index (κ1) is 25.2. The summed E-state index contributed by atoms with van der Waals surface area (Å²) < 4.78 is 29.0. The highest BCUT2D eigenvalue weighted by molar-refractivity contribution is 7.92. The number of sulfonamides is 1. The summed E-state index contributed by atoms with van der Waals surface area (Å²) in [5.41, 5.74) is 3.42. The smallest absolute Gasteiger partial charge is 0.264 e. The van der Waals surface area contributed by atoms with Crippen LogP contribution in [0.25, 0.3) is 10.2 Å². The number of amides is 1. The first-order chi connectivity index (χ1) is 17.9. The van der Waals surface area contributed by atoms with Gasteiger partial charge in [0.1, 0.15) is 0 Å². The Morgan fingerprint density at radius 3 is 2.30 bits per heavy atom. The predicted octanol–water partition coefficient (Wildman–Crippen LogP) is 5.04. The van der Waals surface area contributed by atoms with Crippen molar-refractivity contribution in [3.63, 3.8) is 0 Å². The van der Waals surface area contributed by atoms with Crippen LogP contribution in [0.3, 0.4) is 0 Å². The summed E-state index contributed by atoms with van der Waals surface area (Å²) in [7, 11) is -3.73. The average Bonchev–Trinajstić information content (AvgIpc) is 3.37. The van der Waals surface area contributed by atoms with Gasteiger partial charge in [-0.1, -0.05) is 42.5 Å². The summed E-state index contributed by atoms with van der Waals surface area (Å²) in [6, 6.07) is 21.7. The van der Waals surface area contributed by atoms with E-state index < -0.39 is 10.0 Å². The van der Waals surface area contributed by atoms with Crippen LogP contribution >= 0.6 is 11.3 Å². The van der Waals surface area contributed by atoms with Gasteiger partial charge in [0.15, 0.2) is 5.13 Å². The van der Waals surface area contributed by atoms with E-state index in [2.05, 4.69) is 30.0 Å². The Labute approximate surface area is 222 Å². The van der Waals surface area contributed by atoms with Gasteiger partial charge in [0, 0.05) is 38.3 Å². The Kier molecular flexibility index (Phi) is 7.17. The van der Waals surface area contributed by atoms with Gasteiger partial charge in [0.25, 0.3) is 15.9 Å². The maximum Gasteiger partial charge on any atom is 0.264 e. The second-order valence-corrected chi connectivity index (χ2v) is 11.8. The minimum absolute atomic E-state index is 0.0871. The van der Waals surface area contributed by atoms with Crippen molar-refractivity contribution in [2.45, 2.75) is 25.2 Å². The fourth-order valence-corrected chi connectivity index (χ4v) is 7.13. The molecule has 192 valence electrons. The maximum absolute atomic E-state index is 13.2. The number of hydrogen-bond acceptors (Lipinski definition) is 6. The highest BCUT2D eigenvalue weighted by atomic mass is 32.2. The van der Waals surface area contributed by atoms with Gasteiger partial charge in [-0.25, -0.2) is 13.4 Å². The molecular formula is C28H30N4O3S2. The van der Waals surface area contributed by atoms with E-state index in [1.165, 1.54) is 26.7 Å². The zero-order chi connectivity index (χ0) is 26.0. The number of piperazine rings is 1. The molecule has 2 heterocycles. The Morgan fingerprint density at radius 1 is 0.946 bits per heavy atom. The Balaban J connectivity index is 1.25. The molecule has 0 N–H and O–H groups in total. The lowest BCUT2D eigenvalue weighted by atomic mass is 10.2. The van der Waals surface area contributed by atoms with Crippen LogP contribution in [0.4, 0.5) is 10.8 Å². The van der Waals surface area contributed by atoms with Crippen LogP contribution in [0.15, 0.2) is 77.7 Å². The van der Waals surface area contributed by atoms with E-state index in [4.69, 9.17) is 4.98 Å². The number of rotatable bonds is 7. The Morgan fingerprint density at radius 2 is 1.65 bits per heavy atom. The lowest BCUT2D eigenvalue weighted by Crippen LogP contribution is -2.48. The molecule has 0 atom stereocenters. The molecule has 0 radical (unpaired) electrons. The number of carbonyl (C=O) groups excluding carboxylic acids is 1. The standard InChI is InChI=1S/C28H30N4O3S2/c1-3-21-10-15-25-26(20-21)36-28(29-25)31-18-16-30(17-19-31)27(33)22-11-13-24(14-12-22)37(34,35)32(4-2)23-8-6-5-7-9-23/h5-15,20H,3-4,16-19H2,1-2H3. The van der Waals surface area contributed by atoms with E-state index in [-0.39, 0.29) is 10.8 Å². The van der Waals surface area contributed by atoms with Crippen LogP contribution in [-0.2, 0) is 16.4 Å². The second-order valence-electron chi connectivity index (χ2n) is 8.96. The molecule has 1 amide bonds. The van der Waals surface area contributed by atoms with Crippen LogP contribution in [0.2, 0.25) is 0 Å². The van der Waals surface area contributed by atoms with Crippen LogP contribution in [0.5, 0.6) is 0 Å². The molecule has 37 heavy (non-hydrogen) atoms. The summed E-state index contributed by atoms with van der Waals surface area (Å²) >= 11 is 1.70. The van der Waals surface area contributed by atoms with Crippen molar-refractivity contribution in [1.29, 1.82) is 0 Å². The highest BCUT2D eigenvalue weighted by Crippen LogP contribution is 2.30. The van der Waals surface area contributed by atoms with Gasteiger partial charge >= 0.3 is 0 Å². The maximum atomic E-state index is 13.2. The van der Waals surface area contributed by atoms with Gasteiger partial charge in [-0.05, 0) is 67.4 Å². The molecule has 1 fully saturated rings. The summed E-state index contributed by atoms with van der Waals surface area (Å²) in [4.78, 5) is 22.2. The normalized spacial score (nSPS) is 14.2. The number of aryl methyl sites for hydroxylation is 1. The van der Waals surface area contributed by atoms with Gasteiger partial charge in [-0.3, -0.25) is 9.10 Å². The summed E-state index contributed by atoms with van der Waals surface area (Å²) in [5, 5.41) is 0.990. The molecule has 1 aliphatic rings. The van der Waals surface area contributed by atoms with E-state index in [9.17, 15) is 13.2 Å². The largest absolute Gasteiger partial charge is 0.345 e. The molecule has 0 unspecified atom stereocenters. The SMILES string of the molecule is CCc1ccc2nc(N3CCN(C(=O)c4ccc(S(=O)(=O)N(CC)c5ccccc5)cc4)CC3)sc2c1. The van der Waals surface area contributed by atoms with Crippen LogP contribution in [0, 0.1) is 0 Å². The molecule has 9 heteroatoms. The van der Waals surface area contributed by atoms with Gasteiger partial charge in [-0.15, -0.1) is 0 Å². The lowest BCUT2D eigenvalue weighted by molar-refractivity contribution is 0.0746. The quantitative estimate of drug-likeness (QED) is 0.332. The number of aromatic nitrogens is 1. The third kappa shape index (κ3) is 5.06. The number of fused-ring (bicyclic) bond motifs is 1. The first-order valence-corrected chi connectivity index (χ1v) is 14.8. The zero-order valence-corrected chi connectivity index (χ0v) is 22.6. The van der Waals surface area contributed by atoms with Crippen LogP contribution in [0.1, 0.15) is 29.8 Å². The van der Waals surface area contributed by atoms with Crippen molar-refractivity contribution in [2.24, 2.45) is 0 Å². The molecule has 0 saturated carbocycles. The van der Waals surface area contributed by atoms with Crippen molar-refractivity contribution >= 4 is 48.3 Å². The van der Waals surface area contributed by atoms with Crippen molar-refractivity contribution in [2.75, 3.05) is 41.9 Å². The van der Waals surface area contributed by atoms with Gasteiger partial charge < -0.3 is 9.80 Å². The minimum Gasteiger partial charge on any atom is -0.345 e. The van der Waals surface area contributed by atoms with E-state index >= 15 is 0 Å². The molecule has 3 aromatic carbocycles. The van der Waals surface area contributed by atoms with Gasteiger partial charge in [0.05, 0.1) is 20.8 Å². The molecule has 0 bridgehead atoms. The summed E-state index contributed by atoms with van der Waals surface area (Å²) in [6.45, 7) is 6.86. The third-order valence-electron chi connectivity index (χ3n) is 6.71. The fraction of sp³-hybridized carbons (Fsp3) is 0.286. The Hall–Kier alpha value is -3.43. The van der Waals surface area contributed by atoms with Crippen LogP contribution in [-0.4, -0.2) is 56.9 Å². The number of para-hydroxylation sites is 1. The van der Waals surface area contributed by atoms with E-state index in [1.807, 2.05) is 23.1 Å². The average molecular weight is 535 g/mol. The van der Waals surface area contributed by atoms with Crippen molar-refractivity contribution < 1.29 is 13.2 Å². The molecule has 0 aliphatic carbocycles. The number of nitrogens with zero attached hydrogens (tertiary/aromatic N) is 4. The van der Waals surface area contributed by atoms with Crippen molar-refractivity contribution in [1.82, 2.24) is 9.88 Å². The molecule has 1 saturated heterocycles. The van der Waals surface area contributed by atoms with Crippen LogP contribution < -0.4 is 9.21 Å². The molecule has 7 nitrogen and oxygen atoms in total. The van der Waals surface area contributed by atoms with E-state index in [1.54, 1.807) is 42.5 Å². The van der Waals surface area contributed by atoms with Crippen molar-refractivity contribution in [3.05, 3.63) is 83.9 Å². The van der Waals surface area contributed by atoms with Gasteiger partial charge in [-0.2, -0.15) is 0 Å². The van der Waals surface area contributed by atoms with Crippen molar-refractivity contribution in [3.8, 4) is 0 Å². The highest BCUT2D eigenvalue weighted by Gasteiger charge is 2.26. The summed E-state index contributed by atoms with van der Waals surface area (Å²) in [6.07, 6.45) is 1.00. The number of hydrogen-bond donors (Lipinski definition) is 0. The molecule has 5 rings (SSSR count). The zero-order valence-electron chi connectivity index (χ0n) is 21.0. The topological polar surface area (TPSA) is 73.8 Å². The second kappa shape index (κ2) is 10.5. The monoisotopic (exact) mass is 534 g/mol. The number of anilines is 2. The number of thiazole rings is 1. The lowest BCUT2D eigenvalue weighted by Gasteiger charge is -2.34. The molecular weight excluding hydrogens is 504 g/mol. The van der Waals surface area contributed by atoms with E-state index in [0.717, 1.165) is 17.1 Å². The molecule has 1 aromatic heterocycles. The first-order valence-electron chi connectivity index (χ1n) is 12.5. The predicted molar refractivity (Wildman–Crippen MR) is 150 cm³/mol. The minimum atomic E-state index is -3.73. The molecule has 4 aromatic rings. The van der Waals surface area contributed by atoms with Gasteiger partial charge in [0.2, 0.25) is 0 Å².